The number of rotatable bonds is 8. The van der Waals surface area contributed by atoms with E-state index in [0.717, 1.165) is 17.7 Å². The number of benzene rings is 2. The van der Waals surface area contributed by atoms with Gasteiger partial charge in [-0.3, -0.25) is 19.3 Å². The molecule has 1 fully saturated rings. The molecule has 1 aliphatic rings. The van der Waals surface area contributed by atoms with Gasteiger partial charge in [-0.1, -0.05) is 30.3 Å². The number of nitrogens with zero attached hydrogens (tertiary/aromatic N) is 2. The average Bonchev–Trinajstić information content (AvgIpc) is 2.78. The Morgan fingerprint density at radius 1 is 0.906 bits per heavy atom. The lowest BCUT2D eigenvalue weighted by atomic mass is 10.2. The number of hydrogen-bond acceptors (Lipinski definition) is 4. The zero-order valence-electron chi connectivity index (χ0n) is 17.7. The number of nitrogens with one attached hydrogen (secondary N) is 2. The molecule has 1 saturated heterocycles. The van der Waals surface area contributed by atoms with Crippen molar-refractivity contribution in [3.63, 3.8) is 0 Å². The fourth-order valence-electron chi connectivity index (χ4n) is 3.42. The second kappa shape index (κ2) is 11.3. The minimum Gasteiger partial charge on any atom is -0.351 e. The molecule has 7 nitrogen and oxygen atoms in total. The third-order valence-electron chi connectivity index (χ3n) is 5.22. The van der Waals surface area contributed by atoms with Crippen molar-refractivity contribution in [1.29, 1.82) is 0 Å². The Kier molecular flexibility index (Phi) is 8.27. The molecule has 170 valence electrons. The molecule has 0 radical (unpaired) electrons. The van der Waals surface area contributed by atoms with E-state index in [9.17, 15) is 23.2 Å². The molecule has 0 unspecified atom stereocenters. The predicted octanol–water partition coefficient (Wildman–Crippen LogP) is 1.55. The molecular formula is C23H26F2N4O3. The highest BCUT2D eigenvalue weighted by molar-refractivity contribution is 5.94. The van der Waals surface area contributed by atoms with Gasteiger partial charge in [-0.05, 0) is 17.7 Å². The SMILES string of the molecule is O=C(CN1CCN(C(=O)CCNC(=O)c2ccc(F)cc2F)CC1)NCc1ccccc1. The van der Waals surface area contributed by atoms with Crippen molar-refractivity contribution in [3.05, 3.63) is 71.3 Å². The van der Waals surface area contributed by atoms with Crippen LogP contribution in [0.1, 0.15) is 22.3 Å². The first-order valence-corrected chi connectivity index (χ1v) is 10.5. The zero-order chi connectivity index (χ0) is 22.9. The highest BCUT2D eigenvalue weighted by atomic mass is 19.1. The fraction of sp³-hybridized carbons (Fsp3) is 0.348. The van der Waals surface area contributed by atoms with Crippen LogP contribution in [0.4, 0.5) is 8.78 Å². The van der Waals surface area contributed by atoms with Gasteiger partial charge in [0.05, 0.1) is 12.1 Å². The summed E-state index contributed by atoms with van der Waals surface area (Å²) in [4.78, 5) is 40.2. The van der Waals surface area contributed by atoms with Gasteiger partial charge < -0.3 is 15.5 Å². The van der Waals surface area contributed by atoms with Gasteiger partial charge in [0.1, 0.15) is 11.6 Å². The van der Waals surface area contributed by atoms with Crippen molar-refractivity contribution in [2.45, 2.75) is 13.0 Å². The first kappa shape index (κ1) is 23.3. The van der Waals surface area contributed by atoms with Gasteiger partial charge >= 0.3 is 0 Å². The summed E-state index contributed by atoms with van der Waals surface area (Å²) in [6.45, 7) is 2.95. The standard InChI is InChI=1S/C23H26F2N4O3/c24-18-6-7-19(20(25)14-18)23(32)26-9-8-22(31)29-12-10-28(11-13-29)16-21(30)27-15-17-4-2-1-3-5-17/h1-7,14H,8-13,15-16H2,(H,26,32)(H,27,30). The first-order valence-electron chi connectivity index (χ1n) is 10.5. The summed E-state index contributed by atoms with van der Waals surface area (Å²) < 4.78 is 26.6. The molecule has 32 heavy (non-hydrogen) atoms. The second-order valence-corrected chi connectivity index (χ2v) is 7.55. The van der Waals surface area contributed by atoms with Crippen molar-refractivity contribution in [2.24, 2.45) is 0 Å². The van der Waals surface area contributed by atoms with Crippen molar-refractivity contribution >= 4 is 17.7 Å². The summed E-state index contributed by atoms with van der Waals surface area (Å²) in [5.41, 5.74) is 0.767. The monoisotopic (exact) mass is 444 g/mol. The van der Waals surface area contributed by atoms with Crippen LogP contribution in [0, 0.1) is 11.6 Å². The summed E-state index contributed by atoms with van der Waals surface area (Å²) in [6.07, 6.45) is 0.0755. The summed E-state index contributed by atoms with van der Waals surface area (Å²) >= 11 is 0. The Hall–Kier alpha value is -3.33. The van der Waals surface area contributed by atoms with Crippen LogP contribution in [0.25, 0.3) is 0 Å². The van der Waals surface area contributed by atoms with Gasteiger partial charge in [0.15, 0.2) is 0 Å². The van der Waals surface area contributed by atoms with Gasteiger partial charge in [-0.15, -0.1) is 0 Å². The number of amides is 3. The predicted molar refractivity (Wildman–Crippen MR) is 115 cm³/mol. The topological polar surface area (TPSA) is 81.8 Å². The number of hydrogen-bond donors (Lipinski definition) is 2. The van der Waals surface area contributed by atoms with E-state index in [1.54, 1.807) is 4.90 Å². The van der Waals surface area contributed by atoms with E-state index < -0.39 is 17.5 Å². The molecule has 0 saturated carbocycles. The molecule has 0 atom stereocenters. The molecule has 1 aliphatic heterocycles. The van der Waals surface area contributed by atoms with E-state index in [-0.39, 0.29) is 36.9 Å². The lowest BCUT2D eigenvalue weighted by molar-refractivity contribution is -0.133. The molecule has 3 amide bonds. The van der Waals surface area contributed by atoms with E-state index in [1.165, 1.54) is 0 Å². The highest BCUT2D eigenvalue weighted by Gasteiger charge is 2.22. The summed E-state index contributed by atoms with van der Waals surface area (Å²) in [5.74, 6) is -2.59. The normalized spacial score (nSPS) is 14.1. The van der Waals surface area contributed by atoms with Gasteiger partial charge in [0.25, 0.3) is 5.91 Å². The quantitative estimate of drug-likeness (QED) is 0.647. The smallest absolute Gasteiger partial charge is 0.254 e. The van der Waals surface area contributed by atoms with E-state index in [1.807, 2.05) is 35.2 Å². The van der Waals surface area contributed by atoms with Gasteiger partial charge in [0, 0.05) is 51.8 Å². The highest BCUT2D eigenvalue weighted by Crippen LogP contribution is 2.09. The van der Waals surface area contributed by atoms with Crippen LogP contribution in [0.5, 0.6) is 0 Å². The molecule has 2 aromatic carbocycles. The van der Waals surface area contributed by atoms with Gasteiger partial charge in [-0.25, -0.2) is 8.78 Å². The Labute approximate surface area is 185 Å². The lowest BCUT2D eigenvalue weighted by Crippen LogP contribution is -2.51. The largest absolute Gasteiger partial charge is 0.351 e. The van der Waals surface area contributed by atoms with E-state index in [0.29, 0.717) is 38.8 Å². The fourth-order valence-corrected chi connectivity index (χ4v) is 3.42. The second-order valence-electron chi connectivity index (χ2n) is 7.55. The molecule has 2 N–H and O–H groups in total. The van der Waals surface area contributed by atoms with Crippen LogP contribution in [0.2, 0.25) is 0 Å². The van der Waals surface area contributed by atoms with Crippen molar-refractivity contribution in [2.75, 3.05) is 39.3 Å². The minimum atomic E-state index is -0.947. The summed E-state index contributed by atoms with van der Waals surface area (Å²) in [7, 11) is 0. The van der Waals surface area contributed by atoms with Crippen LogP contribution in [-0.4, -0.2) is 66.8 Å². The van der Waals surface area contributed by atoms with Crippen LogP contribution < -0.4 is 10.6 Å². The molecule has 0 spiro atoms. The zero-order valence-corrected chi connectivity index (χ0v) is 17.7. The molecule has 9 heteroatoms. The third-order valence-corrected chi connectivity index (χ3v) is 5.22. The average molecular weight is 444 g/mol. The number of halogens is 2. The van der Waals surface area contributed by atoms with E-state index in [2.05, 4.69) is 10.6 Å². The van der Waals surface area contributed by atoms with E-state index in [4.69, 9.17) is 0 Å². The maximum atomic E-state index is 13.6. The molecule has 0 bridgehead atoms. The maximum Gasteiger partial charge on any atom is 0.254 e. The summed E-state index contributed by atoms with van der Waals surface area (Å²) in [6, 6.07) is 12.4. The molecule has 3 rings (SSSR count). The number of carbonyl (C=O) groups is 3. The molecule has 1 heterocycles. The van der Waals surface area contributed by atoms with Gasteiger partial charge in [-0.2, -0.15) is 0 Å². The number of carbonyl (C=O) groups excluding carboxylic acids is 3. The third kappa shape index (κ3) is 6.84. The molecule has 2 aromatic rings. The van der Waals surface area contributed by atoms with Crippen molar-refractivity contribution in [1.82, 2.24) is 20.4 Å². The summed E-state index contributed by atoms with van der Waals surface area (Å²) in [5, 5.41) is 5.37. The molecule has 0 aromatic heterocycles. The van der Waals surface area contributed by atoms with E-state index >= 15 is 0 Å². The van der Waals surface area contributed by atoms with Crippen LogP contribution in [0.3, 0.4) is 0 Å². The van der Waals surface area contributed by atoms with Crippen molar-refractivity contribution < 1.29 is 23.2 Å². The Morgan fingerprint density at radius 3 is 2.31 bits per heavy atom. The minimum absolute atomic E-state index is 0.0522. The van der Waals surface area contributed by atoms with Crippen LogP contribution in [0.15, 0.2) is 48.5 Å². The van der Waals surface area contributed by atoms with Gasteiger partial charge in [0.2, 0.25) is 11.8 Å². The van der Waals surface area contributed by atoms with Crippen LogP contribution >= 0.6 is 0 Å². The molecule has 0 aliphatic carbocycles. The Balaban J connectivity index is 1.33. The first-order chi connectivity index (χ1) is 15.4. The maximum absolute atomic E-state index is 13.6. The van der Waals surface area contributed by atoms with Crippen LogP contribution in [-0.2, 0) is 16.1 Å². The Bertz CT molecular complexity index is 948. The van der Waals surface area contributed by atoms with Crippen molar-refractivity contribution in [3.8, 4) is 0 Å². The molecular weight excluding hydrogens is 418 g/mol. The lowest BCUT2D eigenvalue weighted by Gasteiger charge is -2.34. The number of piperazine rings is 1. The Morgan fingerprint density at radius 2 is 1.62 bits per heavy atom.